The predicted molar refractivity (Wildman–Crippen MR) is 73.1 cm³/mol. The smallest absolute Gasteiger partial charge is 0.223 e. The molecule has 1 aromatic rings. The molecular formula is C15H20F2N2O. The topological polar surface area (TPSA) is 32.3 Å². The van der Waals surface area contributed by atoms with Gasteiger partial charge in [0.15, 0.2) is 0 Å². The Morgan fingerprint density at radius 3 is 2.40 bits per heavy atom. The molecule has 0 unspecified atom stereocenters. The zero-order valence-corrected chi connectivity index (χ0v) is 12.0. The van der Waals surface area contributed by atoms with Crippen molar-refractivity contribution in [2.24, 2.45) is 11.8 Å². The Labute approximate surface area is 118 Å². The summed E-state index contributed by atoms with van der Waals surface area (Å²) in [5.74, 6) is -0.724. The highest BCUT2D eigenvalue weighted by atomic mass is 19.1. The summed E-state index contributed by atoms with van der Waals surface area (Å²) in [5.41, 5.74) is 0.00152. The molecule has 1 aliphatic rings. The minimum Gasteiger partial charge on any atom is -0.354 e. The zero-order valence-electron chi connectivity index (χ0n) is 12.0. The van der Waals surface area contributed by atoms with E-state index in [1.54, 1.807) is 19.0 Å². The molecular weight excluding hydrogens is 262 g/mol. The monoisotopic (exact) mass is 282 g/mol. The minimum atomic E-state index is -0.585. The molecule has 1 N–H and O–H groups in total. The fourth-order valence-corrected chi connectivity index (χ4v) is 2.39. The normalized spacial score (nSPS) is 22.7. The number of halogens is 2. The van der Waals surface area contributed by atoms with E-state index in [-0.39, 0.29) is 23.9 Å². The number of likely N-dealkylation sites (N-methyl/N-ethyl adjacent to an activating group) is 1. The van der Waals surface area contributed by atoms with E-state index in [4.69, 9.17) is 0 Å². The van der Waals surface area contributed by atoms with E-state index in [2.05, 4.69) is 5.32 Å². The number of nitrogens with zero attached hydrogens (tertiary/aromatic N) is 1. The molecule has 0 aromatic heterocycles. The van der Waals surface area contributed by atoms with Crippen LogP contribution in [0.2, 0.25) is 0 Å². The van der Waals surface area contributed by atoms with Crippen LogP contribution in [0.25, 0.3) is 0 Å². The van der Waals surface area contributed by atoms with Gasteiger partial charge in [-0.1, -0.05) is 13.0 Å². The van der Waals surface area contributed by atoms with Crippen molar-refractivity contribution in [3.63, 3.8) is 0 Å². The van der Waals surface area contributed by atoms with Crippen molar-refractivity contribution in [1.82, 2.24) is 10.2 Å². The lowest BCUT2D eigenvalue weighted by molar-refractivity contribution is -0.122. The molecule has 2 rings (SSSR count). The van der Waals surface area contributed by atoms with Crippen LogP contribution in [0, 0.1) is 23.5 Å². The summed E-state index contributed by atoms with van der Waals surface area (Å²) >= 11 is 0. The van der Waals surface area contributed by atoms with Gasteiger partial charge in [-0.15, -0.1) is 0 Å². The summed E-state index contributed by atoms with van der Waals surface area (Å²) in [6.07, 6.45) is 0.895. The van der Waals surface area contributed by atoms with Crippen molar-refractivity contribution in [3.05, 3.63) is 35.4 Å². The highest BCUT2D eigenvalue weighted by molar-refractivity contribution is 5.81. The first kappa shape index (κ1) is 14.9. The van der Waals surface area contributed by atoms with Gasteiger partial charge in [0, 0.05) is 18.0 Å². The van der Waals surface area contributed by atoms with E-state index >= 15 is 0 Å². The summed E-state index contributed by atoms with van der Waals surface area (Å²) in [6.45, 7) is 2.22. The third kappa shape index (κ3) is 3.15. The van der Waals surface area contributed by atoms with Crippen molar-refractivity contribution in [1.29, 1.82) is 0 Å². The van der Waals surface area contributed by atoms with Gasteiger partial charge in [0.25, 0.3) is 0 Å². The number of carbonyl (C=O) groups excluding carboxylic acids is 1. The Morgan fingerprint density at radius 1 is 1.40 bits per heavy atom. The molecule has 0 spiro atoms. The maximum atomic E-state index is 13.8. The summed E-state index contributed by atoms with van der Waals surface area (Å²) in [6, 6.07) is 3.29. The standard InChI is InChI=1S/C15H20F2N2O/c1-9-7-10(9)15(20)18-8-13(19(2)3)14-11(16)5-4-6-12(14)17/h4-6,9-10,13H,7-8H2,1-3H3,(H,18,20)/t9-,10+,13-/m1/s1. The van der Waals surface area contributed by atoms with Crippen LogP contribution in [0.3, 0.4) is 0 Å². The molecule has 1 amide bonds. The van der Waals surface area contributed by atoms with Crippen LogP contribution in [-0.2, 0) is 4.79 Å². The SMILES string of the molecule is C[C@@H]1C[C@@H]1C(=O)NC[C@H](c1c(F)cccc1F)N(C)C. The Balaban J connectivity index is 2.09. The summed E-state index contributed by atoms with van der Waals surface area (Å²) in [5, 5.41) is 2.80. The molecule has 0 saturated heterocycles. The van der Waals surface area contributed by atoms with E-state index in [1.807, 2.05) is 6.92 Å². The minimum absolute atomic E-state index is 0.00152. The van der Waals surface area contributed by atoms with Gasteiger partial charge in [-0.2, -0.15) is 0 Å². The van der Waals surface area contributed by atoms with Crippen LogP contribution in [0.4, 0.5) is 8.78 Å². The quantitative estimate of drug-likeness (QED) is 0.899. The van der Waals surface area contributed by atoms with E-state index in [0.717, 1.165) is 6.42 Å². The van der Waals surface area contributed by atoms with Crippen molar-refractivity contribution in [3.8, 4) is 0 Å². The number of benzene rings is 1. The van der Waals surface area contributed by atoms with Gasteiger partial charge in [0.1, 0.15) is 11.6 Å². The van der Waals surface area contributed by atoms with Crippen LogP contribution in [0.15, 0.2) is 18.2 Å². The molecule has 0 aliphatic heterocycles. The summed E-state index contributed by atoms with van der Waals surface area (Å²) in [4.78, 5) is 13.5. The third-order valence-corrected chi connectivity index (χ3v) is 3.87. The van der Waals surface area contributed by atoms with Crippen molar-refractivity contribution in [2.45, 2.75) is 19.4 Å². The first-order valence-electron chi connectivity index (χ1n) is 6.80. The molecule has 110 valence electrons. The first-order valence-corrected chi connectivity index (χ1v) is 6.80. The molecule has 5 heteroatoms. The van der Waals surface area contributed by atoms with E-state index in [0.29, 0.717) is 5.92 Å². The predicted octanol–water partition coefficient (Wildman–Crippen LogP) is 2.34. The lowest BCUT2D eigenvalue weighted by atomic mass is 10.0. The van der Waals surface area contributed by atoms with Gasteiger partial charge >= 0.3 is 0 Å². The number of carbonyl (C=O) groups is 1. The Hall–Kier alpha value is -1.49. The number of nitrogens with one attached hydrogen (secondary N) is 1. The Morgan fingerprint density at radius 2 is 1.95 bits per heavy atom. The molecule has 1 aromatic carbocycles. The van der Waals surface area contributed by atoms with Crippen molar-refractivity contribution in [2.75, 3.05) is 20.6 Å². The second-order valence-corrected chi connectivity index (χ2v) is 5.68. The molecule has 1 saturated carbocycles. The zero-order chi connectivity index (χ0) is 14.9. The average molecular weight is 282 g/mol. The van der Waals surface area contributed by atoms with Crippen LogP contribution in [-0.4, -0.2) is 31.4 Å². The fourth-order valence-electron chi connectivity index (χ4n) is 2.39. The van der Waals surface area contributed by atoms with Crippen LogP contribution < -0.4 is 5.32 Å². The molecule has 3 nitrogen and oxygen atoms in total. The second-order valence-electron chi connectivity index (χ2n) is 5.68. The molecule has 0 bridgehead atoms. The fraction of sp³-hybridized carbons (Fsp3) is 0.533. The van der Waals surface area contributed by atoms with Gasteiger partial charge in [-0.3, -0.25) is 4.79 Å². The van der Waals surface area contributed by atoms with Gasteiger partial charge in [0.05, 0.1) is 6.04 Å². The summed E-state index contributed by atoms with van der Waals surface area (Å²) < 4.78 is 27.7. The maximum Gasteiger partial charge on any atom is 0.223 e. The lowest BCUT2D eigenvalue weighted by Gasteiger charge is -2.25. The highest BCUT2D eigenvalue weighted by Gasteiger charge is 2.39. The third-order valence-electron chi connectivity index (χ3n) is 3.87. The molecule has 0 radical (unpaired) electrons. The van der Waals surface area contributed by atoms with Crippen molar-refractivity contribution >= 4 is 5.91 Å². The first-order chi connectivity index (χ1) is 9.41. The molecule has 20 heavy (non-hydrogen) atoms. The molecule has 1 fully saturated rings. The largest absolute Gasteiger partial charge is 0.354 e. The number of amides is 1. The van der Waals surface area contributed by atoms with Gasteiger partial charge in [-0.25, -0.2) is 8.78 Å². The van der Waals surface area contributed by atoms with Crippen molar-refractivity contribution < 1.29 is 13.6 Å². The Kier molecular flexibility index (Phi) is 4.38. The van der Waals surface area contributed by atoms with Gasteiger partial charge in [0.2, 0.25) is 5.91 Å². The van der Waals surface area contributed by atoms with E-state index < -0.39 is 17.7 Å². The number of hydrogen-bond donors (Lipinski definition) is 1. The number of rotatable bonds is 5. The van der Waals surface area contributed by atoms with Crippen LogP contribution in [0.5, 0.6) is 0 Å². The van der Waals surface area contributed by atoms with E-state index in [1.165, 1.54) is 18.2 Å². The van der Waals surface area contributed by atoms with E-state index in [9.17, 15) is 13.6 Å². The second kappa shape index (κ2) is 5.87. The molecule has 1 aliphatic carbocycles. The number of hydrogen-bond acceptors (Lipinski definition) is 2. The lowest BCUT2D eigenvalue weighted by Crippen LogP contribution is -2.36. The average Bonchev–Trinajstić information content (AvgIpc) is 3.09. The van der Waals surface area contributed by atoms with Gasteiger partial charge < -0.3 is 10.2 Å². The highest BCUT2D eigenvalue weighted by Crippen LogP contribution is 2.37. The van der Waals surface area contributed by atoms with Gasteiger partial charge in [-0.05, 0) is 38.6 Å². The van der Waals surface area contributed by atoms with Crippen LogP contribution in [0.1, 0.15) is 24.9 Å². The summed E-state index contributed by atoms with van der Waals surface area (Å²) in [7, 11) is 3.48. The molecule has 3 atom stereocenters. The maximum absolute atomic E-state index is 13.8. The van der Waals surface area contributed by atoms with Crippen LogP contribution >= 0.6 is 0 Å². The Bertz CT molecular complexity index is 484. The molecule has 0 heterocycles.